The maximum atomic E-state index is 2.18. The van der Waals surface area contributed by atoms with Crippen molar-refractivity contribution in [3.8, 4) is 0 Å². The highest BCUT2D eigenvalue weighted by molar-refractivity contribution is 4.75. The number of hydrogen-bond acceptors (Lipinski definition) is 0. The van der Waals surface area contributed by atoms with Crippen LogP contribution in [0.2, 0.25) is 0 Å². The highest BCUT2D eigenvalue weighted by Gasteiger charge is 1.65. The Morgan fingerprint density at radius 2 is 1.08 bits per heavy atom. The summed E-state index contributed by atoms with van der Waals surface area (Å²) in [5.74, 6) is 0. The monoisotopic (exact) mass is 168 g/mol. The van der Waals surface area contributed by atoms with Crippen molar-refractivity contribution in [1.29, 1.82) is 0 Å². The van der Waals surface area contributed by atoms with Gasteiger partial charge in [0.15, 0.2) is 0 Å². The van der Waals surface area contributed by atoms with Gasteiger partial charge in [-0.1, -0.05) is 51.0 Å². The van der Waals surface area contributed by atoms with Gasteiger partial charge in [-0.25, -0.2) is 0 Å². The smallest absolute Gasteiger partial charge is 0.0353 e. The summed E-state index contributed by atoms with van der Waals surface area (Å²) in [5.41, 5.74) is 0. The van der Waals surface area contributed by atoms with Gasteiger partial charge >= 0.3 is 0 Å². The van der Waals surface area contributed by atoms with Gasteiger partial charge in [0.1, 0.15) is 0 Å². The highest BCUT2D eigenvalue weighted by atomic mass is 13.7. The molecule has 0 radical (unpaired) electrons. The lowest BCUT2D eigenvalue weighted by Gasteiger charge is -1.76. The van der Waals surface area contributed by atoms with Gasteiger partial charge in [-0.3, -0.25) is 0 Å². The Balaban J connectivity index is 0. The average molecular weight is 168 g/mol. The normalized spacial score (nSPS) is 10.3. The molecule has 0 aliphatic carbocycles. The second-order valence-corrected chi connectivity index (χ2v) is 2.72. The van der Waals surface area contributed by atoms with E-state index in [9.17, 15) is 0 Å². The first-order valence-corrected chi connectivity index (χ1v) is 5.05. The summed E-state index contributed by atoms with van der Waals surface area (Å²) in [5, 5.41) is 0. The van der Waals surface area contributed by atoms with E-state index in [2.05, 4.69) is 52.0 Å². The predicted molar refractivity (Wildman–Crippen MR) is 59.4 cm³/mol. The third kappa shape index (κ3) is 22.7. The van der Waals surface area contributed by atoms with Crippen molar-refractivity contribution >= 4 is 0 Å². The van der Waals surface area contributed by atoms with Gasteiger partial charge in [0.2, 0.25) is 0 Å². The van der Waals surface area contributed by atoms with Crippen molar-refractivity contribution in [1.82, 2.24) is 0 Å². The highest BCUT2D eigenvalue weighted by Crippen LogP contribution is 1.85. The molecule has 0 saturated heterocycles. The quantitative estimate of drug-likeness (QED) is 0.532. The third-order valence-corrected chi connectivity index (χ3v) is 1.38. The molecule has 0 aliphatic heterocycles. The van der Waals surface area contributed by atoms with E-state index in [1.807, 2.05) is 0 Å². The van der Waals surface area contributed by atoms with Crippen LogP contribution >= 0.6 is 0 Å². The first-order valence-electron chi connectivity index (χ1n) is 5.05. The molecule has 0 atom stereocenters. The molecule has 0 saturated carbocycles. The van der Waals surface area contributed by atoms with E-state index in [0.29, 0.717) is 0 Å². The molecule has 0 aromatic heterocycles. The van der Waals surface area contributed by atoms with E-state index in [4.69, 9.17) is 0 Å². The molecule has 0 aromatic rings. The van der Waals surface area contributed by atoms with Crippen LogP contribution in [-0.2, 0) is 0 Å². The molecule has 0 heteroatoms. The summed E-state index contributed by atoms with van der Waals surface area (Å²) in [6, 6.07) is 0. The summed E-state index contributed by atoms with van der Waals surface area (Å²) in [7, 11) is 0. The van der Waals surface area contributed by atoms with E-state index in [1.54, 1.807) is 0 Å². The summed E-state index contributed by atoms with van der Waals surface area (Å²) in [4.78, 5) is 0. The minimum absolute atomic E-state index is 1.23. The van der Waals surface area contributed by atoms with Crippen LogP contribution in [0.1, 0.15) is 53.4 Å². The minimum Gasteiger partial charge on any atom is -0.0917 e. The Kier molecular flexibility index (Phi) is 19.7. The Morgan fingerprint density at radius 1 is 0.750 bits per heavy atom. The molecular weight excluding hydrogens is 144 g/mol. The van der Waals surface area contributed by atoms with Crippen molar-refractivity contribution in [2.24, 2.45) is 0 Å². The molecule has 0 amide bonds. The molecule has 0 bridgehead atoms. The van der Waals surface area contributed by atoms with Crippen LogP contribution in [0.5, 0.6) is 0 Å². The summed E-state index contributed by atoms with van der Waals surface area (Å²) in [6.07, 6.45) is 13.5. The zero-order valence-corrected chi connectivity index (χ0v) is 9.14. The van der Waals surface area contributed by atoms with Crippen molar-refractivity contribution in [3.05, 3.63) is 24.3 Å². The van der Waals surface area contributed by atoms with Crippen LogP contribution < -0.4 is 0 Å². The van der Waals surface area contributed by atoms with Crippen LogP contribution in [0.15, 0.2) is 24.3 Å². The SMILES string of the molecule is CC=CCCC.CC=CCCC. The van der Waals surface area contributed by atoms with Crippen LogP contribution in [0.4, 0.5) is 0 Å². The molecular formula is C12H24. The minimum atomic E-state index is 1.23. The van der Waals surface area contributed by atoms with Crippen molar-refractivity contribution in [3.63, 3.8) is 0 Å². The van der Waals surface area contributed by atoms with Crippen LogP contribution in [0.25, 0.3) is 0 Å². The van der Waals surface area contributed by atoms with E-state index in [1.165, 1.54) is 25.7 Å². The Labute approximate surface area is 78.4 Å². The van der Waals surface area contributed by atoms with Gasteiger partial charge in [-0.2, -0.15) is 0 Å². The maximum absolute atomic E-state index is 2.18. The number of unbranched alkanes of at least 4 members (excludes halogenated alkanes) is 2. The predicted octanol–water partition coefficient (Wildman–Crippen LogP) is 4.73. The fourth-order valence-corrected chi connectivity index (χ4v) is 0.667. The lowest BCUT2D eigenvalue weighted by Crippen LogP contribution is -1.55. The third-order valence-electron chi connectivity index (χ3n) is 1.38. The fourth-order valence-electron chi connectivity index (χ4n) is 0.667. The van der Waals surface area contributed by atoms with Crippen molar-refractivity contribution in [2.75, 3.05) is 0 Å². The molecule has 0 heterocycles. The maximum Gasteiger partial charge on any atom is -0.0353 e. The van der Waals surface area contributed by atoms with Crippen LogP contribution in [-0.4, -0.2) is 0 Å². The molecule has 0 spiro atoms. The molecule has 0 N–H and O–H groups in total. The Bertz CT molecular complexity index is 84.6. The number of rotatable bonds is 4. The van der Waals surface area contributed by atoms with Gasteiger partial charge < -0.3 is 0 Å². The average Bonchev–Trinajstić information content (AvgIpc) is 2.12. The van der Waals surface area contributed by atoms with Crippen molar-refractivity contribution < 1.29 is 0 Å². The zero-order chi connectivity index (χ0) is 9.66. The molecule has 0 nitrogen and oxygen atoms in total. The lowest BCUT2D eigenvalue weighted by atomic mass is 10.3. The molecule has 0 unspecified atom stereocenters. The molecule has 0 aliphatic rings. The number of allylic oxidation sites excluding steroid dienone is 4. The Morgan fingerprint density at radius 3 is 1.17 bits per heavy atom. The van der Waals surface area contributed by atoms with Gasteiger partial charge in [0, 0.05) is 0 Å². The fraction of sp³-hybridized carbons (Fsp3) is 0.667. The van der Waals surface area contributed by atoms with E-state index >= 15 is 0 Å². The molecule has 72 valence electrons. The van der Waals surface area contributed by atoms with Gasteiger partial charge in [-0.15, -0.1) is 0 Å². The largest absolute Gasteiger partial charge is 0.0917 e. The van der Waals surface area contributed by atoms with Gasteiger partial charge in [0.05, 0.1) is 0 Å². The first kappa shape index (κ1) is 14.0. The summed E-state index contributed by atoms with van der Waals surface area (Å²) < 4.78 is 0. The lowest BCUT2D eigenvalue weighted by molar-refractivity contribution is 0.957. The standard InChI is InChI=1S/2C6H12/c2*1-3-5-6-4-2/h2*3,5H,4,6H2,1-2H3. The Hall–Kier alpha value is -0.520. The summed E-state index contributed by atoms with van der Waals surface area (Å²) >= 11 is 0. The topological polar surface area (TPSA) is 0 Å². The zero-order valence-electron chi connectivity index (χ0n) is 9.14. The second kappa shape index (κ2) is 16.8. The van der Waals surface area contributed by atoms with E-state index in [0.717, 1.165) is 0 Å². The number of hydrogen-bond donors (Lipinski definition) is 0. The molecule has 12 heavy (non-hydrogen) atoms. The van der Waals surface area contributed by atoms with Crippen molar-refractivity contribution in [2.45, 2.75) is 53.4 Å². The molecule has 0 fully saturated rings. The van der Waals surface area contributed by atoms with Crippen LogP contribution in [0, 0.1) is 0 Å². The van der Waals surface area contributed by atoms with E-state index in [-0.39, 0.29) is 0 Å². The first-order chi connectivity index (χ1) is 5.83. The molecule has 0 aromatic carbocycles. The summed E-state index contributed by atoms with van der Waals surface area (Å²) in [6.45, 7) is 8.46. The second-order valence-electron chi connectivity index (χ2n) is 2.72. The van der Waals surface area contributed by atoms with E-state index < -0.39 is 0 Å². The van der Waals surface area contributed by atoms with Gasteiger partial charge in [-0.05, 0) is 26.7 Å². The molecule has 0 rings (SSSR count). The van der Waals surface area contributed by atoms with Gasteiger partial charge in [0.25, 0.3) is 0 Å². The van der Waals surface area contributed by atoms with Crippen LogP contribution in [0.3, 0.4) is 0 Å².